The van der Waals surface area contributed by atoms with Crippen molar-refractivity contribution in [2.24, 2.45) is 7.05 Å². The van der Waals surface area contributed by atoms with Gasteiger partial charge in [0.05, 0.1) is 34.6 Å². The molecule has 0 amide bonds. The molecule has 0 N–H and O–H groups in total. The number of aryl methyl sites for hydroxylation is 1. The fourth-order valence-corrected chi connectivity index (χ4v) is 4.42. The van der Waals surface area contributed by atoms with Gasteiger partial charge in [-0.15, -0.1) is 0 Å². The highest BCUT2D eigenvalue weighted by Crippen LogP contribution is 2.29. The summed E-state index contributed by atoms with van der Waals surface area (Å²) in [5.41, 5.74) is 4.70. The van der Waals surface area contributed by atoms with E-state index in [1.165, 1.54) is 4.57 Å². The Morgan fingerprint density at radius 3 is 2.49 bits per heavy atom. The van der Waals surface area contributed by atoms with E-state index in [-0.39, 0.29) is 11.7 Å². The first-order valence-electron chi connectivity index (χ1n) is 12.2. The second-order valence-corrected chi connectivity index (χ2v) is 9.48. The number of hydrogen-bond acceptors (Lipinski definition) is 5. The maximum Gasteiger partial charge on any atom is 0.333 e. The number of carbonyl (C=O) groups is 1. The Labute approximate surface area is 215 Å². The minimum atomic E-state index is -0.803. The van der Waals surface area contributed by atoms with Crippen molar-refractivity contribution in [3.8, 4) is 28.2 Å². The van der Waals surface area contributed by atoms with Gasteiger partial charge in [0.1, 0.15) is 0 Å². The van der Waals surface area contributed by atoms with Crippen LogP contribution in [0, 0.1) is 0 Å². The first-order valence-corrected chi connectivity index (χ1v) is 12.2. The van der Waals surface area contributed by atoms with Gasteiger partial charge in [0.15, 0.2) is 0 Å². The van der Waals surface area contributed by atoms with E-state index in [9.17, 15) is 9.59 Å². The largest absolute Gasteiger partial charge is 0.465 e. The number of nitrogens with zero attached hydrogens (tertiary/aromatic N) is 4. The van der Waals surface area contributed by atoms with Gasteiger partial charge < -0.3 is 9.30 Å². The molecule has 7 nitrogen and oxygen atoms in total. The zero-order chi connectivity index (χ0) is 26.2. The zero-order valence-corrected chi connectivity index (χ0v) is 21.3. The minimum Gasteiger partial charge on any atom is -0.465 e. The summed E-state index contributed by atoms with van der Waals surface area (Å²) in [5.74, 6) is -0.287. The Morgan fingerprint density at radius 2 is 1.73 bits per heavy atom. The smallest absolute Gasteiger partial charge is 0.333 e. The third-order valence-electron chi connectivity index (χ3n) is 6.63. The molecule has 0 atom stereocenters. The van der Waals surface area contributed by atoms with Crippen LogP contribution in [0.2, 0.25) is 0 Å². The van der Waals surface area contributed by atoms with Crippen LogP contribution >= 0.6 is 0 Å². The number of carbonyl (C=O) groups excluding carboxylic acids is 1. The number of ether oxygens (including phenoxy) is 1. The average molecular weight is 493 g/mol. The van der Waals surface area contributed by atoms with Gasteiger partial charge in [-0.05, 0) is 68.3 Å². The maximum atomic E-state index is 13.2. The zero-order valence-electron chi connectivity index (χ0n) is 21.3. The summed E-state index contributed by atoms with van der Waals surface area (Å²) in [6, 6.07) is 21.4. The Balaban J connectivity index is 1.55. The third-order valence-corrected chi connectivity index (χ3v) is 6.63. The number of imidazole rings is 1. The molecule has 0 fully saturated rings. The highest BCUT2D eigenvalue weighted by molar-refractivity contribution is 5.84. The first kappa shape index (κ1) is 24.2. The van der Waals surface area contributed by atoms with Crippen LogP contribution in [-0.2, 0) is 22.0 Å². The van der Waals surface area contributed by atoms with Crippen LogP contribution in [0.1, 0.15) is 26.3 Å². The quantitative estimate of drug-likeness (QED) is 0.301. The molecule has 0 aliphatic carbocycles. The Kier molecular flexibility index (Phi) is 6.21. The van der Waals surface area contributed by atoms with Gasteiger partial charge in [0.2, 0.25) is 0 Å². The van der Waals surface area contributed by atoms with Crippen molar-refractivity contribution in [1.82, 2.24) is 19.1 Å². The number of fused-ring (bicyclic) bond motifs is 1. The third kappa shape index (κ3) is 4.44. The highest BCUT2D eigenvalue weighted by atomic mass is 16.5. The summed E-state index contributed by atoms with van der Waals surface area (Å²) in [5, 5.41) is 1.06. The lowest BCUT2D eigenvalue weighted by Crippen LogP contribution is -2.31. The molecule has 0 spiro atoms. The summed E-state index contributed by atoms with van der Waals surface area (Å²) < 4.78 is 8.41. The van der Waals surface area contributed by atoms with E-state index < -0.39 is 5.41 Å². The highest BCUT2D eigenvalue weighted by Gasteiger charge is 2.31. The summed E-state index contributed by atoms with van der Waals surface area (Å²) in [6.07, 6.45) is 5.37. The van der Waals surface area contributed by atoms with Crippen LogP contribution in [0.15, 0.2) is 90.1 Å². The average Bonchev–Trinajstić information content (AvgIpc) is 3.22. The Bertz CT molecular complexity index is 1660. The fourth-order valence-electron chi connectivity index (χ4n) is 4.42. The molecule has 0 bridgehead atoms. The molecule has 0 aliphatic rings. The van der Waals surface area contributed by atoms with Crippen LogP contribution in [0.4, 0.5) is 0 Å². The standard InChI is InChI=1S/C30H28N4O3/c1-5-37-28(35)30(2,3)23-10-12-24(13-11-23)34-27(19-33(4)29(34)36)26-17-20(14-15-31-26)22-16-21-8-6-7-9-25(21)32-18-22/h6-19H,5H2,1-4H3. The number of para-hydroxylation sites is 1. The van der Waals surface area contributed by atoms with Crippen molar-refractivity contribution < 1.29 is 9.53 Å². The SMILES string of the molecule is CCOC(=O)C(C)(C)c1ccc(-n2c(-c3cc(-c4cnc5ccccc5c4)ccn3)cn(C)c2=O)cc1. The second kappa shape index (κ2) is 9.50. The maximum absolute atomic E-state index is 13.2. The molecular weight excluding hydrogens is 464 g/mol. The summed E-state index contributed by atoms with van der Waals surface area (Å²) in [4.78, 5) is 34.8. The number of esters is 1. The van der Waals surface area contributed by atoms with Gasteiger partial charge in [-0.3, -0.25) is 19.3 Å². The van der Waals surface area contributed by atoms with E-state index in [2.05, 4.69) is 16.0 Å². The van der Waals surface area contributed by atoms with E-state index in [0.717, 1.165) is 27.6 Å². The van der Waals surface area contributed by atoms with E-state index in [1.54, 1.807) is 30.9 Å². The lowest BCUT2D eigenvalue weighted by atomic mass is 9.84. The van der Waals surface area contributed by atoms with Crippen LogP contribution in [0.5, 0.6) is 0 Å². The van der Waals surface area contributed by atoms with Crippen LogP contribution < -0.4 is 5.69 Å². The fraction of sp³-hybridized carbons (Fsp3) is 0.200. The van der Waals surface area contributed by atoms with Gasteiger partial charge in [-0.1, -0.05) is 30.3 Å². The Hall–Kier alpha value is -4.52. The van der Waals surface area contributed by atoms with Gasteiger partial charge in [0.25, 0.3) is 0 Å². The molecule has 3 heterocycles. The predicted octanol–water partition coefficient (Wildman–Crippen LogP) is 5.29. The molecule has 37 heavy (non-hydrogen) atoms. The summed E-state index contributed by atoms with van der Waals surface area (Å²) >= 11 is 0. The number of rotatable bonds is 6. The molecule has 0 aliphatic heterocycles. The predicted molar refractivity (Wildman–Crippen MR) is 145 cm³/mol. The molecule has 5 aromatic rings. The molecular formula is C30H28N4O3. The monoisotopic (exact) mass is 492 g/mol. The molecule has 0 unspecified atom stereocenters. The van der Waals surface area contributed by atoms with Gasteiger partial charge in [-0.2, -0.15) is 0 Å². The lowest BCUT2D eigenvalue weighted by Gasteiger charge is -2.23. The molecule has 0 radical (unpaired) electrons. The van der Waals surface area contributed by atoms with Crippen molar-refractivity contribution in [1.29, 1.82) is 0 Å². The molecule has 5 rings (SSSR count). The second-order valence-electron chi connectivity index (χ2n) is 9.48. The van der Waals surface area contributed by atoms with Gasteiger partial charge in [0, 0.05) is 36.6 Å². The van der Waals surface area contributed by atoms with E-state index in [0.29, 0.717) is 23.7 Å². The molecule has 186 valence electrons. The van der Waals surface area contributed by atoms with Crippen LogP contribution in [-0.4, -0.2) is 31.7 Å². The minimum absolute atomic E-state index is 0.188. The normalized spacial score (nSPS) is 11.6. The van der Waals surface area contributed by atoms with Gasteiger partial charge in [-0.25, -0.2) is 4.79 Å². The number of aromatic nitrogens is 4. The van der Waals surface area contributed by atoms with Crippen LogP contribution in [0.25, 0.3) is 39.1 Å². The molecule has 3 aromatic heterocycles. The topological polar surface area (TPSA) is 79.0 Å². The number of benzene rings is 2. The summed E-state index contributed by atoms with van der Waals surface area (Å²) in [6.45, 7) is 5.78. The van der Waals surface area contributed by atoms with E-state index >= 15 is 0 Å². The molecule has 7 heteroatoms. The molecule has 2 aromatic carbocycles. The van der Waals surface area contributed by atoms with E-state index in [1.807, 2.05) is 80.7 Å². The van der Waals surface area contributed by atoms with Crippen molar-refractivity contribution in [2.45, 2.75) is 26.2 Å². The number of hydrogen-bond donors (Lipinski definition) is 0. The Morgan fingerprint density at radius 1 is 0.973 bits per heavy atom. The first-order chi connectivity index (χ1) is 17.8. The summed E-state index contributed by atoms with van der Waals surface area (Å²) in [7, 11) is 1.72. The van der Waals surface area contributed by atoms with Crippen molar-refractivity contribution >= 4 is 16.9 Å². The molecule has 0 saturated carbocycles. The van der Waals surface area contributed by atoms with Crippen molar-refractivity contribution in [3.05, 3.63) is 101 Å². The van der Waals surface area contributed by atoms with Crippen LogP contribution in [0.3, 0.4) is 0 Å². The molecule has 0 saturated heterocycles. The van der Waals surface area contributed by atoms with E-state index in [4.69, 9.17) is 4.74 Å². The lowest BCUT2D eigenvalue weighted by molar-refractivity contribution is -0.148. The van der Waals surface area contributed by atoms with Gasteiger partial charge >= 0.3 is 11.7 Å². The van der Waals surface area contributed by atoms with Crippen molar-refractivity contribution in [3.63, 3.8) is 0 Å². The number of pyridine rings is 2. The van der Waals surface area contributed by atoms with Crippen molar-refractivity contribution in [2.75, 3.05) is 6.61 Å².